The Morgan fingerprint density at radius 3 is 2.33 bits per heavy atom. The first-order valence-corrected chi connectivity index (χ1v) is 5.03. The zero-order chi connectivity index (χ0) is 10.5. The molecule has 0 saturated heterocycles. The summed E-state index contributed by atoms with van der Waals surface area (Å²) < 4.78 is 5.12. The summed E-state index contributed by atoms with van der Waals surface area (Å²) in [6, 6.07) is 18.8. The van der Waals surface area contributed by atoms with Crippen molar-refractivity contribution in [2.24, 2.45) is 0 Å². The second kappa shape index (κ2) is 4.76. The van der Waals surface area contributed by atoms with Crippen molar-refractivity contribution in [3.8, 4) is 11.1 Å². The lowest BCUT2D eigenvalue weighted by molar-refractivity contribution is 0.185. The standard InChI is InChI=1S/C14H14O/c1-15-11-12-6-5-9-14(10-12)13-7-3-2-4-8-13/h2-10H,11H2,1H3. The van der Waals surface area contributed by atoms with Gasteiger partial charge in [-0.25, -0.2) is 0 Å². The van der Waals surface area contributed by atoms with Gasteiger partial charge in [-0.2, -0.15) is 0 Å². The third-order valence-electron chi connectivity index (χ3n) is 2.35. The highest BCUT2D eigenvalue weighted by molar-refractivity contribution is 5.63. The van der Waals surface area contributed by atoms with Gasteiger partial charge in [0.2, 0.25) is 0 Å². The normalized spacial score (nSPS) is 10.2. The van der Waals surface area contributed by atoms with Crippen molar-refractivity contribution in [3.63, 3.8) is 0 Å². The summed E-state index contributed by atoms with van der Waals surface area (Å²) in [5.74, 6) is 0. The van der Waals surface area contributed by atoms with Crippen molar-refractivity contribution < 1.29 is 4.74 Å². The molecule has 0 atom stereocenters. The summed E-state index contributed by atoms with van der Waals surface area (Å²) in [6.07, 6.45) is 0. The molecule has 0 aliphatic heterocycles. The van der Waals surface area contributed by atoms with Crippen molar-refractivity contribution >= 4 is 0 Å². The van der Waals surface area contributed by atoms with Crippen LogP contribution in [-0.4, -0.2) is 7.11 Å². The van der Waals surface area contributed by atoms with Crippen molar-refractivity contribution in [1.82, 2.24) is 0 Å². The third kappa shape index (κ3) is 2.45. The van der Waals surface area contributed by atoms with Crippen LogP contribution in [0, 0.1) is 0 Å². The van der Waals surface area contributed by atoms with E-state index in [1.165, 1.54) is 16.7 Å². The molecule has 2 aromatic carbocycles. The maximum absolute atomic E-state index is 5.12. The third-order valence-corrected chi connectivity index (χ3v) is 2.35. The molecular formula is C14H14O. The van der Waals surface area contributed by atoms with E-state index in [-0.39, 0.29) is 0 Å². The summed E-state index contributed by atoms with van der Waals surface area (Å²) in [5, 5.41) is 0. The summed E-state index contributed by atoms with van der Waals surface area (Å²) in [4.78, 5) is 0. The first-order chi connectivity index (χ1) is 7.40. The molecular weight excluding hydrogens is 184 g/mol. The summed E-state index contributed by atoms with van der Waals surface area (Å²) >= 11 is 0. The number of hydrogen-bond donors (Lipinski definition) is 0. The Bertz CT molecular complexity index is 420. The van der Waals surface area contributed by atoms with Crippen molar-refractivity contribution in [1.29, 1.82) is 0 Å². The zero-order valence-electron chi connectivity index (χ0n) is 8.81. The van der Waals surface area contributed by atoms with Gasteiger partial charge in [0.15, 0.2) is 0 Å². The molecule has 0 aliphatic carbocycles. The Balaban J connectivity index is 2.33. The summed E-state index contributed by atoms with van der Waals surface area (Å²) in [5.41, 5.74) is 3.69. The first-order valence-electron chi connectivity index (χ1n) is 5.03. The Morgan fingerprint density at radius 2 is 1.60 bits per heavy atom. The fourth-order valence-electron chi connectivity index (χ4n) is 1.64. The second-order valence-corrected chi connectivity index (χ2v) is 3.50. The predicted octanol–water partition coefficient (Wildman–Crippen LogP) is 3.50. The highest BCUT2D eigenvalue weighted by Crippen LogP contribution is 2.20. The van der Waals surface area contributed by atoms with Gasteiger partial charge in [-0.1, -0.05) is 48.5 Å². The molecule has 2 rings (SSSR count). The van der Waals surface area contributed by atoms with E-state index in [1.54, 1.807) is 7.11 Å². The molecule has 0 aromatic heterocycles. The maximum Gasteiger partial charge on any atom is 0.0713 e. The van der Waals surface area contributed by atoms with E-state index in [2.05, 4.69) is 48.5 Å². The lowest BCUT2D eigenvalue weighted by Gasteiger charge is -2.04. The predicted molar refractivity (Wildman–Crippen MR) is 62.6 cm³/mol. The molecule has 0 bridgehead atoms. The van der Waals surface area contributed by atoms with Gasteiger partial charge in [-0.05, 0) is 22.8 Å². The van der Waals surface area contributed by atoms with E-state index in [4.69, 9.17) is 4.74 Å². The lowest BCUT2D eigenvalue weighted by Crippen LogP contribution is -1.87. The number of hydrogen-bond acceptors (Lipinski definition) is 1. The highest BCUT2D eigenvalue weighted by Gasteiger charge is 1.97. The van der Waals surface area contributed by atoms with Gasteiger partial charge >= 0.3 is 0 Å². The second-order valence-electron chi connectivity index (χ2n) is 3.50. The highest BCUT2D eigenvalue weighted by atomic mass is 16.5. The zero-order valence-corrected chi connectivity index (χ0v) is 8.81. The molecule has 0 unspecified atom stereocenters. The van der Waals surface area contributed by atoms with Crippen LogP contribution in [0.25, 0.3) is 11.1 Å². The molecule has 0 saturated carbocycles. The van der Waals surface area contributed by atoms with E-state index in [0.717, 1.165) is 0 Å². The molecule has 76 valence electrons. The topological polar surface area (TPSA) is 9.23 Å². The minimum Gasteiger partial charge on any atom is -0.380 e. The molecule has 0 heterocycles. The molecule has 0 N–H and O–H groups in total. The Morgan fingerprint density at radius 1 is 0.867 bits per heavy atom. The molecule has 0 aliphatic rings. The van der Waals surface area contributed by atoms with Gasteiger partial charge in [0.25, 0.3) is 0 Å². The smallest absolute Gasteiger partial charge is 0.0713 e. The Labute approximate surface area is 90.3 Å². The molecule has 1 nitrogen and oxygen atoms in total. The number of ether oxygens (including phenoxy) is 1. The fraction of sp³-hybridized carbons (Fsp3) is 0.143. The maximum atomic E-state index is 5.12. The van der Waals surface area contributed by atoms with Crippen molar-refractivity contribution in [2.75, 3.05) is 7.11 Å². The quantitative estimate of drug-likeness (QED) is 0.733. The Kier molecular flexibility index (Phi) is 3.15. The van der Waals surface area contributed by atoms with Crippen LogP contribution in [-0.2, 0) is 11.3 Å². The molecule has 0 fully saturated rings. The summed E-state index contributed by atoms with van der Waals surface area (Å²) in [7, 11) is 1.72. The van der Waals surface area contributed by atoms with E-state index < -0.39 is 0 Å². The minimum absolute atomic E-state index is 0.667. The fourth-order valence-corrected chi connectivity index (χ4v) is 1.64. The SMILES string of the molecule is COCc1cccc(-c2ccccc2)c1. The van der Waals surface area contributed by atoms with Crippen molar-refractivity contribution in [3.05, 3.63) is 60.2 Å². The number of methoxy groups -OCH3 is 1. The van der Waals surface area contributed by atoms with Crippen LogP contribution < -0.4 is 0 Å². The average molecular weight is 198 g/mol. The monoisotopic (exact) mass is 198 g/mol. The Hall–Kier alpha value is -1.60. The van der Waals surface area contributed by atoms with Crippen LogP contribution in [0.3, 0.4) is 0 Å². The van der Waals surface area contributed by atoms with Gasteiger partial charge in [0.1, 0.15) is 0 Å². The minimum atomic E-state index is 0.667. The van der Waals surface area contributed by atoms with Crippen LogP contribution in [0.2, 0.25) is 0 Å². The number of benzene rings is 2. The van der Waals surface area contributed by atoms with Gasteiger partial charge in [-0.15, -0.1) is 0 Å². The largest absolute Gasteiger partial charge is 0.380 e. The molecule has 2 aromatic rings. The van der Waals surface area contributed by atoms with Crippen LogP contribution in [0.4, 0.5) is 0 Å². The van der Waals surface area contributed by atoms with Crippen LogP contribution in [0.1, 0.15) is 5.56 Å². The van der Waals surface area contributed by atoms with E-state index >= 15 is 0 Å². The van der Waals surface area contributed by atoms with Gasteiger partial charge in [0, 0.05) is 7.11 Å². The van der Waals surface area contributed by atoms with E-state index in [0.29, 0.717) is 6.61 Å². The first kappa shape index (κ1) is 9.94. The van der Waals surface area contributed by atoms with Gasteiger partial charge < -0.3 is 4.74 Å². The molecule has 15 heavy (non-hydrogen) atoms. The van der Waals surface area contributed by atoms with Gasteiger partial charge in [0.05, 0.1) is 6.61 Å². The molecule has 1 heteroatoms. The van der Waals surface area contributed by atoms with Crippen LogP contribution >= 0.6 is 0 Å². The van der Waals surface area contributed by atoms with Crippen LogP contribution in [0.15, 0.2) is 54.6 Å². The number of rotatable bonds is 3. The van der Waals surface area contributed by atoms with Crippen molar-refractivity contribution in [2.45, 2.75) is 6.61 Å². The van der Waals surface area contributed by atoms with Gasteiger partial charge in [-0.3, -0.25) is 0 Å². The van der Waals surface area contributed by atoms with E-state index in [9.17, 15) is 0 Å². The average Bonchev–Trinajstić information content (AvgIpc) is 2.31. The lowest BCUT2D eigenvalue weighted by atomic mass is 10.0. The molecule has 0 spiro atoms. The van der Waals surface area contributed by atoms with E-state index in [1.807, 2.05) is 6.07 Å². The molecule has 0 radical (unpaired) electrons. The molecule has 0 amide bonds. The summed E-state index contributed by atoms with van der Waals surface area (Å²) in [6.45, 7) is 0.667. The van der Waals surface area contributed by atoms with Crippen LogP contribution in [0.5, 0.6) is 0 Å².